The standard InChI is InChI=1S/C14H25NO4/c1-4-12(9-16)15(8-10(2)14(18)19-3)13(17)11-6-5-7-11/h10-12,16H,4-9H2,1-3H3. The first-order valence-electron chi connectivity index (χ1n) is 7.04. The molecular formula is C14H25NO4. The Bertz CT molecular complexity index is 311. The first-order valence-corrected chi connectivity index (χ1v) is 7.04. The lowest BCUT2D eigenvalue weighted by atomic mass is 9.83. The fourth-order valence-corrected chi connectivity index (χ4v) is 2.33. The van der Waals surface area contributed by atoms with Gasteiger partial charge in [0.05, 0.1) is 25.7 Å². The van der Waals surface area contributed by atoms with Gasteiger partial charge in [0.25, 0.3) is 0 Å². The summed E-state index contributed by atoms with van der Waals surface area (Å²) >= 11 is 0. The number of amides is 1. The van der Waals surface area contributed by atoms with Gasteiger partial charge in [0, 0.05) is 12.5 Å². The summed E-state index contributed by atoms with van der Waals surface area (Å²) in [6, 6.07) is -0.208. The van der Waals surface area contributed by atoms with Crippen molar-refractivity contribution in [2.45, 2.75) is 45.6 Å². The van der Waals surface area contributed by atoms with Gasteiger partial charge < -0.3 is 14.7 Å². The van der Waals surface area contributed by atoms with Crippen molar-refractivity contribution in [3.8, 4) is 0 Å². The molecule has 0 bridgehead atoms. The zero-order chi connectivity index (χ0) is 14.4. The lowest BCUT2D eigenvalue weighted by Gasteiger charge is -2.37. The minimum absolute atomic E-state index is 0.0666. The van der Waals surface area contributed by atoms with Crippen LogP contribution in [-0.4, -0.2) is 48.2 Å². The third-order valence-electron chi connectivity index (χ3n) is 3.93. The number of hydrogen-bond donors (Lipinski definition) is 1. The minimum atomic E-state index is -0.366. The van der Waals surface area contributed by atoms with Crippen LogP contribution in [0.2, 0.25) is 0 Å². The third kappa shape index (κ3) is 3.93. The maximum atomic E-state index is 12.4. The number of methoxy groups -OCH3 is 1. The maximum absolute atomic E-state index is 12.4. The number of carbonyl (C=O) groups is 2. The molecular weight excluding hydrogens is 246 g/mol. The second kappa shape index (κ2) is 7.48. The highest BCUT2D eigenvalue weighted by atomic mass is 16.5. The van der Waals surface area contributed by atoms with E-state index < -0.39 is 0 Å². The summed E-state index contributed by atoms with van der Waals surface area (Å²) in [5.41, 5.74) is 0. The Hall–Kier alpha value is -1.10. The number of ether oxygens (including phenoxy) is 1. The smallest absolute Gasteiger partial charge is 0.310 e. The van der Waals surface area contributed by atoms with Gasteiger partial charge in [-0.3, -0.25) is 9.59 Å². The van der Waals surface area contributed by atoms with Gasteiger partial charge in [-0.05, 0) is 19.3 Å². The van der Waals surface area contributed by atoms with Gasteiger partial charge in [0.15, 0.2) is 0 Å². The average molecular weight is 271 g/mol. The topological polar surface area (TPSA) is 66.8 Å². The van der Waals surface area contributed by atoms with Gasteiger partial charge in [-0.25, -0.2) is 0 Å². The molecule has 5 nitrogen and oxygen atoms in total. The number of nitrogens with zero attached hydrogens (tertiary/aromatic N) is 1. The van der Waals surface area contributed by atoms with Crippen LogP contribution in [0.3, 0.4) is 0 Å². The van der Waals surface area contributed by atoms with Crippen LogP contribution in [0.4, 0.5) is 0 Å². The largest absolute Gasteiger partial charge is 0.469 e. The van der Waals surface area contributed by atoms with E-state index in [1.54, 1.807) is 11.8 Å². The molecule has 2 atom stereocenters. The van der Waals surface area contributed by atoms with Crippen LogP contribution in [0, 0.1) is 11.8 Å². The van der Waals surface area contributed by atoms with Gasteiger partial charge in [0.1, 0.15) is 0 Å². The Morgan fingerprint density at radius 1 is 1.42 bits per heavy atom. The number of hydrogen-bond acceptors (Lipinski definition) is 4. The molecule has 0 aromatic rings. The van der Waals surface area contributed by atoms with Crippen molar-refractivity contribution in [1.82, 2.24) is 4.90 Å². The van der Waals surface area contributed by atoms with Gasteiger partial charge in [-0.2, -0.15) is 0 Å². The molecule has 1 N–H and O–H groups in total. The lowest BCUT2D eigenvalue weighted by molar-refractivity contribution is -0.149. The Morgan fingerprint density at radius 2 is 2.05 bits per heavy atom. The first-order chi connectivity index (χ1) is 9.04. The van der Waals surface area contributed by atoms with Crippen LogP contribution in [0.5, 0.6) is 0 Å². The highest BCUT2D eigenvalue weighted by Crippen LogP contribution is 2.29. The number of rotatable bonds is 7. The zero-order valence-electron chi connectivity index (χ0n) is 12.1. The van der Waals surface area contributed by atoms with E-state index >= 15 is 0 Å². The van der Waals surface area contributed by atoms with Crippen molar-refractivity contribution in [1.29, 1.82) is 0 Å². The van der Waals surface area contributed by atoms with E-state index in [9.17, 15) is 14.7 Å². The summed E-state index contributed by atoms with van der Waals surface area (Å²) in [5.74, 6) is -0.540. The van der Waals surface area contributed by atoms with Gasteiger partial charge in [0.2, 0.25) is 5.91 Å². The van der Waals surface area contributed by atoms with Crippen LogP contribution in [0.15, 0.2) is 0 Å². The molecule has 1 aliphatic carbocycles. The molecule has 1 saturated carbocycles. The van der Waals surface area contributed by atoms with Gasteiger partial charge >= 0.3 is 5.97 Å². The molecule has 110 valence electrons. The second-order valence-corrected chi connectivity index (χ2v) is 5.29. The molecule has 0 radical (unpaired) electrons. The Labute approximate surface area is 114 Å². The lowest BCUT2D eigenvalue weighted by Crippen LogP contribution is -2.49. The van der Waals surface area contributed by atoms with E-state index in [0.29, 0.717) is 13.0 Å². The molecule has 1 rings (SSSR count). The molecule has 0 saturated heterocycles. The van der Waals surface area contributed by atoms with Crippen molar-refractivity contribution < 1.29 is 19.4 Å². The van der Waals surface area contributed by atoms with Crippen LogP contribution < -0.4 is 0 Å². The fourth-order valence-electron chi connectivity index (χ4n) is 2.33. The molecule has 0 spiro atoms. The molecule has 5 heteroatoms. The second-order valence-electron chi connectivity index (χ2n) is 5.29. The number of carbonyl (C=O) groups excluding carboxylic acids is 2. The molecule has 0 heterocycles. The van der Waals surface area contributed by atoms with Crippen LogP contribution in [0.25, 0.3) is 0 Å². The van der Waals surface area contributed by atoms with Crippen molar-refractivity contribution in [3.05, 3.63) is 0 Å². The summed E-state index contributed by atoms with van der Waals surface area (Å²) in [4.78, 5) is 25.6. The van der Waals surface area contributed by atoms with Crippen molar-refractivity contribution in [2.24, 2.45) is 11.8 Å². The SMILES string of the molecule is CCC(CO)N(CC(C)C(=O)OC)C(=O)C1CCC1. The maximum Gasteiger partial charge on any atom is 0.310 e. The van der Waals surface area contributed by atoms with Crippen LogP contribution >= 0.6 is 0 Å². The molecule has 1 amide bonds. The number of aliphatic hydroxyl groups excluding tert-OH is 1. The fraction of sp³-hybridized carbons (Fsp3) is 0.857. The quantitative estimate of drug-likeness (QED) is 0.706. The number of esters is 1. The molecule has 1 fully saturated rings. The summed E-state index contributed by atoms with van der Waals surface area (Å²) < 4.78 is 4.70. The monoisotopic (exact) mass is 271 g/mol. The third-order valence-corrected chi connectivity index (χ3v) is 3.93. The van der Waals surface area contributed by atoms with E-state index in [1.165, 1.54) is 7.11 Å². The van der Waals surface area contributed by atoms with Crippen molar-refractivity contribution in [3.63, 3.8) is 0 Å². The van der Waals surface area contributed by atoms with Crippen molar-refractivity contribution in [2.75, 3.05) is 20.3 Å². The molecule has 0 aromatic heterocycles. The molecule has 1 aliphatic rings. The Kier molecular flexibility index (Phi) is 6.28. The predicted octanol–water partition coefficient (Wildman–Crippen LogP) is 1.20. The average Bonchev–Trinajstić information content (AvgIpc) is 2.35. The predicted molar refractivity (Wildman–Crippen MR) is 71.4 cm³/mol. The normalized spacial score (nSPS) is 18.3. The van der Waals surface area contributed by atoms with E-state index in [2.05, 4.69) is 0 Å². The highest BCUT2D eigenvalue weighted by Gasteiger charge is 2.34. The molecule has 0 aromatic carbocycles. The summed E-state index contributed by atoms with van der Waals surface area (Å²) in [6.07, 6.45) is 3.61. The molecule has 0 aliphatic heterocycles. The van der Waals surface area contributed by atoms with Crippen molar-refractivity contribution >= 4 is 11.9 Å². The van der Waals surface area contributed by atoms with E-state index in [4.69, 9.17) is 4.74 Å². The number of aliphatic hydroxyl groups is 1. The highest BCUT2D eigenvalue weighted by molar-refractivity contribution is 5.81. The van der Waals surface area contributed by atoms with E-state index in [1.807, 2.05) is 6.92 Å². The van der Waals surface area contributed by atoms with Gasteiger partial charge in [-0.15, -0.1) is 0 Å². The molecule has 2 unspecified atom stereocenters. The Morgan fingerprint density at radius 3 is 2.42 bits per heavy atom. The zero-order valence-corrected chi connectivity index (χ0v) is 12.1. The Balaban J connectivity index is 2.73. The first kappa shape index (κ1) is 16.0. The van der Waals surface area contributed by atoms with Crippen LogP contribution in [-0.2, 0) is 14.3 Å². The summed E-state index contributed by atoms with van der Waals surface area (Å²) in [5, 5.41) is 9.42. The minimum Gasteiger partial charge on any atom is -0.469 e. The molecule has 19 heavy (non-hydrogen) atoms. The van der Waals surface area contributed by atoms with Gasteiger partial charge in [-0.1, -0.05) is 20.3 Å². The van der Waals surface area contributed by atoms with E-state index in [0.717, 1.165) is 19.3 Å². The van der Waals surface area contributed by atoms with E-state index in [-0.39, 0.29) is 36.4 Å². The summed E-state index contributed by atoms with van der Waals surface area (Å²) in [7, 11) is 1.35. The van der Waals surface area contributed by atoms with Crippen LogP contribution in [0.1, 0.15) is 39.5 Å². The summed E-state index contributed by atoms with van der Waals surface area (Å²) in [6.45, 7) is 3.94.